The SMILES string of the molecule is Cc1ccc(-c2nc3c(Br)cccn3c2N)s1. The van der Waals surface area contributed by atoms with Gasteiger partial charge >= 0.3 is 0 Å². The Morgan fingerprint density at radius 2 is 2.18 bits per heavy atom. The molecule has 0 radical (unpaired) electrons. The van der Waals surface area contributed by atoms with Crippen LogP contribution in [0.2, 0.25) is 0 Å². The molecule has 0 fully saturated rings. The molecular formula is C12H10BrN3S. The maximum Gasteiger partial charge on any atom is 0.153 e. The third-order valence-corrected chi connectivity index (χ3v) is 4.24. The van der Waals surface area contributed by atoms with Gasteiger partial charge < -0.3 is 5.73 Å². The summed E-state index contributed by atoms with van der Waals surface area (Å²) >= 11 is 5.19. The molecule has 0 aliphatic carbocycles. The minimum Gasteiger partial charge on any atom is -0.383 e. The van der Waals surface area contributed by atoms with Gasteiger partial charge in [-0.1, -0.05) is 0 Å². The van der Waals surface area contributed by atoms with Gasteiger partial charge in [-0.05, 0) is 47.1 Å². The van der Waals surface area contributed by atoms with E-state index in [1.54, 1.807) is 11.3 Å². The fourth-order valence-electron chi connectivity index (χ4n) is 1.80. The topological polar surface area (TPSA) is 43.3 Å². The normalized spacial score (nSPS) is 11.2. The lowest BCUT2D eigenvalue weighted by atomic mass is 10.3. The average molecular weight is 308 g/mol. The Morgan fingerprint density at radius 1 is 1.35 bits per heavy atom. The van der Waals surface area contributed by atoms with E-state index in [0.717, 1.165) is 20.7 Å². The molecule has 3 aromatic heterocycles. The first kappa shape index (κ1) is 10.8. The van der Waals surface area contributed by atoms with E-state index >= 15 is 0 Å². The van der Waals surface area contributed by atoms with Crippen molar-refractivity contribution in [1.82, 2.24) is 9.38 Å². The molecule has 86 valence electrons. The summed E-state index contributed by atoms with van der Waals surface area (Å²) in [5.74, 6) is 0.683. The summed E-state index contributed by atoms with van der Waals surface area (Å²) < 4.78 is 2.85. The van der Waals surface area contributed by atoms with Gasteiger partial charge in [-0.25, -0.2) is 4.98 Å². The van der Waals surface area contributed by atoms with Gasteiger partial charge in [-0.2, -0.15) is 0 Å². The maximum atomic E-state index is 6.14. The second-order valence-corrected chi connectivity index (χ2v) is 5.95. The van der Waals surface area contributed by atoms with E-state index in [4.69, 9.17) is 5.73 Å². The van der Waals surface area contributed by atoms with Crippen LogP contribution in [0, 0.1) is 6.92 Å². The quantitative estimate of drug-likeness (QED) is 0.744. The minimum absolute atomic E-state index is 0.683. The van der Waals surface area contributed by atoms with E-state index in [0.29, 0.717) is 5.82 Å². The zero-order chi connectivity index (χ0) is 12.0. The van der Waals surface area contributed by atoms with Crippen LogP contribution in [0.15, 0.2) is 34.9 Å². The maximum absolute atomic E-state index is 6.14. The number of imidazole rings is 1. The predicted molar refractivity (Wildman–Crippen MR) is 75.4 cm³/mol. The monoisotopic (exact) mass is 307 g/mol. The third kappa shape index (κ3) is 1.66. The van der Waals surface area contributed by atoms with E-state index in [1.165, 1.54) is 4.88 Å². The van der Waals surface area contributed by atoms with Crippen LogP contribution >= 0.6 is 27.3 Å². The number of nitrogens with zero attached hydrogens (tertiary/aromatic N) is 2. The number of rotatable bonds is 1. The summed E-state index contributed by atoms with van der Waals surface area (Å²) in [6, 6.07) is 8.05. The highest BCUT2D eigenvalue weighted by Crippen LogP contribution is 2.33. The van der Waals surface area contributed by atoms with Gasteiger partial charge in [0.2, 0.25) is 0 Å². The largest absolute Gasteiger partial charge is 0.383 e. The van der Waals surface area contributed by atoms with Gasteiger partial charge in [0.15, 0.2) is 5.65 Å². The Hall–Kier alpha value is -1.33. The van der Waals surface area contributed by atoms with E-state index in [9.17, 15) is 0 Å². The lowest BCUT2D eigenvalue weighted by molar-refractivity contribution is 1.19. The molecule has 5 heteroatoms. The van der Waals surface area contributed by atoms with Gasteiger partial charge in [0.1, 0.15) is 11.5 Å². The number of aromatic nitrogens is 2. The van der Waals surface area contributed by atoms with Gasteiger partial charge in [-0.15, -0.1) is 11.3 Å². The molecule has 0 amide bonds. The molecular weight excluding hydrogens is 298 g/mol. The number of nitrogens with two attached hydrogens (primary N) is 1. The number of halogens is 1. The minimum atomic E-state index is 0.683. The fraction of sp³-hybridized carbons (Fsp3) is 0.0833. The van der Waals surface area contributed by atoms with Crippen molar-refractivity contribution in [2.45, 2.75) is 6.92 Å². The van der Waals surface area contributed by atoms with Crippen molar-refractivity contribution in [1.29, 1.82) is 0 Å². The number of pyridine rings is 1. The second-order valence-electron chi connectivity index (χ2n) is 3.81. The number of nitrogen functional groups attached to an aromatic ring is 1. The number of hydrogen-bond acceptors (Lipinski definition) is 3. The lowest BCUT2D eigenvalue weighted by Crippen LogP contribution is -1.93. The highest BCUT2D eigenvalue weighted by Gasteiger charge is 2.13. The third-order valence-electron chi connectivity index (χ3n) is 2.61. The summed E-state index contributed by atoms with van der Waals surface area (Å²) in [7, 11) is 0. The first-order valence-corrected chi connectivity index (χ1v) is 6.76. The molecule has 3 heterocycles. The van der Waals surface area contributed by atoms with Crippen molar-refractivity contribution in [2.24, 2.45) is 0 Å². The van der Waals surface area contributed by atoms with Gasteiger partial charge in [0, 0.05) is 11.1 Å². The first-order valence-electron chi connectivity index (χ1n) is 5.15. The molecule has 3 rings (SSSR count). The molecule has 0 saturated carbocycles. The Kier molecular flexibility index (Phi) is 2.45. The first-order chi connectivity index (χ1) is 8.16. The Bertz CT molecular complexity index is 699. The van der Waals surface area contributed by atoms with Crippen LogP contribution in [-0.2, 0) is 0 Å². The molecule has 0 aliphatic heterocycles. The second kappa shape index (κ2) is 3.85. The molecule has 3 nitrogen and oxygen atoms in total. The Morgan fingerprint density at radius 3 is 2.82 bits per heavy atom. The molecule has 0 saturated heterocycles. The van der Waals surface area contributed by atoms with Crippen LogP contribution < -0.4 is 5.73 Å². The summed E-state index contributed by atoms with van der Waals surface area (Å²) in [5, 5.41) is 0. The Balaban J connectivity index is 2.31. The molecule has 0 bridgehead atoms. The number of thiophene rings is 1. The van der Waals surface area contributed by atoms with Crippen LogP contribution in [0.3, 0.4) is 0 Å². The van der Waals surface area contributed by atoms with Crippen molar-refractivity contribution < 1.29 is 0 Å². The number of anilines is 1. The van der Waals surface area contributed by atoms with Crippen molar-refractivity contribution in [3.8, 4) is 10.6 Å². The average Bonchev–Trinajstić information content (AvgIpc) is 2.85. The van der Waals surface area contributed by atoms with Crippen LogP contribution in [0.25, 0.3) is 16.2 Å². The smallest absolute Gasteiger partial charge is 0.153 e. The molecule has 0 spiro atoms. The predicted octanol–water partition coefficient (Wildman–Crippen LogP) is 3.72. The summed E-state index contributed by atoms with van der Waals surface area (Å²) in [6.45, 7) is 2.08. The van der Waals surface area contributed by atoms with Crippen LogP contribution in [-0.4, -0.2) is 9.38 Å². The van der Waals surface area contributed by atoms with Crippen molar-refractivity contribution in [2.75, 3.05) is 5.73 Å². The van der Waals surface area contributed by atoms with E-state index in [-0.39, 0.29) is 0 Å². The van der Waals surface area contributed by atoms with E-state index < -0.39 is 0 Å². The van der Waals surface area contributed by atoms with Crippen LogP contribution in [0.5, 0.6) is 0 Å². The van der Waals surface area contributed by atoms with Gasteiger partial charge in [-0.3, -0.25) is 4.40 Å². The van der Waals surface area contributed by atoms with Gasteiger partial charge in [0.05, 0.1) is 9.35 Å². The summed E-state index contributed by atoms with van der Waals surface area (Å²) in [5.41, 5.74) is 7.84. The standard InChI is InChI=1S/C12H10BrN3S/c1-7-4-5-9(17-7)10-11(14)16-6-2-3-8(13)12(16)15-10/h2-6H,14H2,1H3. The van der Waals surface area contributed by atoms with Crippen LogP contribution in [0.4, 0.5) is 5.82 Å². The summed E-state index contributed by atoms with van der Waals surface area (Å²) in [4.78, 5) is 6.96. The molecule has 0 aromatic carbocycles. The molecule has 0 unspecified atom stereocenters. The molecule has 2 N–H and O–H groups in total. The highest BCUT2D eigenvalue weighted by atomic mass is 79.9. The zero-order valence-corrected chi connectivity index (χ0v) is 11.5. The number of aryl methyl sites for hydroxylation is 1. The van der Waals surface area contributed by atoms with E-state index in [1.807, 2.05) is 22.7 Å². The van der Waals surface area contributed by atoms with Crippen molar-refractivity contribution >= 4 is 38.7 Å². The molecule has 3 aromatic rings. The van der Waals surface area contributed by atoms with Crippen molar-refractivity contribution in [3.63, 3.8) is 0 Å². The Labute approximate surface area is 111 Å². The molecule has 0 atom stereocenters. The molecule has 0 aliphatic rings. The molecule has 17 heavy (non-hydrogen) atoms. The highest BCUT2D eigenvalue weighted by molar-refractivity contribution is 9.10. The fourth-order valence-corrected chi connectivity index (χ4v) is 3.09. The number of hydrogen-bond donors (Lipinski definition) is 1. The summed E-state index contributed by atoms with van der Waals surface area (Å²) in [6.07, 6.45) is 1.92. The lowest BCUT2D eigenvalue weighted by Gasteiger charge is -1.96. The van der Waals surface area contributed by atoms with Crippen molar-refractivity contribution in [3.05, 3.63) is 39.8 Å². The van der Waals surface area contributed by atoms with Crippen LogP contribution in [0.1, 0.15) is 4.88 Å². The zero-order valence-electron chi connectivity index (χ0n) is 9.14. The van der Waals surface area contributed by atoms with Gasteiger partial charge in [0.25, 0.3) is 0 Å². The van der Waals surface area contributed by atoms with E-state index in [2.05, 4.69) is 40.0 Å². The number of fused-ring (bicyclic) bond motifs is 1.